The van der Waals surface area contributed by atoms with Gasteiger partial charge >= 0.3 is 0 Å². The zero-order valence-corrected chi connectivity index (χ0v) is 8.47. The van der Waals surface area contributed by atoms with Crippen LogP contribution < -0.4 is 0 Å². The molecule has 0 aliphatic rings. The molecule has 3 heteroatoms. The molecule has 0 N–H and O–H groups in total. The van der Waals surface area contributed by atoms with E-state index in [9.17, 15) is 8.78 Å². The number of hydrogen-bond acceptors (Lipinski definition) is 0. The van der Waals surface area contributed by atoms with Crippen molar-refractivity contribution in [3.8, 4) is 0 Å². The first-order valence-corrected chi connectivity index (χ1v) is 4.78. The number of halogens is 3. The Labute approximate surface area is 84.4 Å². The zero-order chi connectivity index (χ0) is 9.68. The molecule has 0 aliphatic heterocycles. The number of allylic oxidation sites excluding steroid dienone is 1. The second kappa shape index (κ2) is 5.12. The summed E-state index contributed by atoms with van der Waals surface area (Å²) in [5.74, 6) is 0. The van der Waals surface area contributed by atoms with Crippen LogP contribution in [-0.2, 0) is 6.42 Å². The highest BCUT2D eigenvalue weighted by Crippen LogP contribution is 2.18. The van der Waals surface area contributed by atoms with Crippen molar-refractivity contribution in [1.82, 2.24) is 0 Å². The molecule has 13 heavy (non-hydrogen) atoms. The van der Waals surface area contributed by atoms with Gasteiger partial charge in [-0.1, -0.05) is 46.3 Å². The predicted octanol–water partition coefficient (Wildman–Crippen LogP) is 4.08. The third-order valence-corrected chi connectivity index (χ3v) is 2.05. The first-order chi connectivity index (χ1) is 6.24. The van der Waals surface area contributed by atoms with E-state index in [2.05, 4.69) is 15.9 Å². The minimum atomic E-state index is -2.37. The van der Waals surface area contributed by atoms with Crippen molar-refractivity contribution in [2.75, 3.05) is 0 Å². The summed E-state index contributed by atoms with van der Waals surface area (Å²) in [6, 6.07) is 6.35. The third-order valence-electron chi connectivity index (χ3n) is 1.67. The van der Waals surface area contributed by atoms with Gasteiger partial charge in [0.05, 0.1) is 0 Å². The van der Waals surface area contributed by atoms with Gasteiger partial charge in [-0.25, -0.2) is 8.78 Å². The summed E-state index contributed by atoms with van der Waals surface area (Å²) in [7, 11) is 0. The molecule has 0 nitrogen and oxygen atoms in total. The van der Waals surface area contributed by atoms with Crippen LogP contribution in [0.3, 0.4) is 0 Å². The van der Waals surface area contributed by atoms with E-state index >= 15 is 0 Å². The monoisotopic (exact) mass is 246 g/mol. The Kier molecular flexibility index (Phi) is 4.09. The standard InChI is InChI=1S/C10H9BrF2/c11-7-1-2-8-3-5-9(6-4-8)10(12)13/h1,3-7,10H,2H2/b7-1+. The topological polar surface area (TPSA) is 0 Å². The van der Waals surface area contributed by atoms with E-state index in [1.807, 2.05) is 6.08 Å². The van der Waals surface area contributed by atoms with E-state index in [1.165, 1.54) is 12.1 Å². The maximum Gasteiger partial charge on any atom is 0.263 e. The van der Waals surface area contributed by atoms with Gasteiger partial charge in [-0.15, -0.1) is 0 Å². The Morgan fingerprint density at radius 3 is 2.31 bits per heavy atom. The second-order valence-electron chi connectivity index (χ2n) is 2.61. The maximum atomic E-state index is 12.1. The Hall–Kier alpha value is -0.700. The quantitative estimate of drug-likeness (QED) is 0.755. The molecular formula is C10H9BrF2. The molecule has 70 valence electrons. The van der Waals surface area contributed by atoms with Gasteiger partial charge in [0.2, 0.25) is 0 Å². The van der Waals surface area contributed by atoms with Crippen LogP contribution in [0.2, 0.25) is 0 Å². The molecule has 0 atom stereocenters. The minimum Gasteiger partial charge on any atom is -0.205 e. The second-order valence-corrected chi connectivity index (χ2v) is 3.14. The van der Waals surface area contributed by atoms with Crippen molar-refractivity contribution in [2.45, 2.75) is 12.8 Å². The molecule has 0 spiro atoms. The first-order valence-electron chi connectivity index (χ1n) is 3.86. The van der Waals surface area contributed by atoms with E-state index < -0.39 is 6.43 Å². The van der Waals surface area contributed by atoms with Crippen LogP contribution in [0.1, 0.15) is 17.6 Å². The molecule has 1 aromatic rings. The van der Waals surface area contributed by atoms with Crippen LogP contribution in [0.5, 0.6) is 0 Å². The van der Waals surface area contributed by atoms with E-state index in [0.29, 0.717) is 0 Å². The summed E-state index contributed by atoms with van der Waals surface area (Å²) >= 11 is 3.14. The number of hydrogen-bond donors (Lipinski definition) is 0. The van der Waals surface area contributed by atoms with Gasteiger partial charge < -0.3 is 0 Å². The highest BCUT2D eigenvalue weighted by Gasteiger charge is 2.04. The van der Waals surface area contributed by atoms with Gasteiger partial charge in [-0.05, 0) is 17.0 Å². The smallest absolute Gasteiger partial charge is 0.205 e. The molecule has 0 saturated carbocycles. The Bertz CT molecular complexity index is 277. The minimum absolute atomic E-state index is 0.0755. The molecule has 0 unspecified atom stereocenters. The van der Waals surface area contributed by atoms with E-state index in [-0.39, 0.29) is 5.56 Å². The molecule has 1 aromatic carbocycles. The third kappa shape index (κ3) is 3.27. The van der Waals surface area contributed by atoms with Crippen LogP contribution in [0, 0.1) is 0 Å². The molecular weight excluding hydrogens is 238 g/mol. The maximum absolute atomic E-state index is 12.1. The zero-order valence-electron chi connectivity index (χ0n) is 6.88. The summed E-state index contributed by atoms with van der Waals surface area (Å²) < 4.78 is 24.3. The Balaban J connectivity index is 2.69. The van der Waals surface area contributed by atoms with Gasteiger partial charge in [0, 0.05) is 5.56 Å². The van der Waals surface area contributed by atoms with Gasteiger partial charge in [-0.3, -0.25) is 0 Å². The van der Waals surface area contributed by atoms with Gasteiger partial charge in [0.25, 0.3) is 6.43 Å². The predicted molar refractivity (Wildman–Crippen MR) is 53.2 cm³/mol. The van der Waals surface area contributed by atoms with E-state index in [4.69, 9.17) is 0 Å². The summed E-state index contributed by atoms with van der Waals surface area (Å²) in [6.07, 6.45) is 0.298. The SMILES string of the molecule is FC(F)c1ccc(C/C=C/Br)cc1. The van der Waals surface area contributed by atoms with Crippen LogP contribution in [0.25, 0.3) is 0 Å². The average Bonchev–Trinajstić information content (AvgIpc) is 2.15. The molecule has 0 heterocycles. The normalized spacial score (nSPS) is 11.4. The summed E-state index contributed by atoms with van der Waals surface area (Å²) in [6.45, 7) is 0. The fourth-order valence-electron chi connectivity index (χ4n) is 0.980. The lowest BCUT2D eigenvalue weighted by Crippen LogP contribution is -1.85. The summed E-state index contributed by atoms with van der Waals surface area (Å²) in [4.78, 5) is 1.76. The number of rotatable bonds is 3. The average molecular weight is 247 g/mol. The number of benzene rings is 1. The molecule has 0 aromatic heterocycles. The van der Waals surface area contributed by atoms with Gasteiger partial charge in [-0.2, -0.15) is 0 Å². The van der Waals surface area contributed by atoms with E-state index in [0.717, 1.165) is 12.0 Å². The Morgan fingerprint density at radius 2 is 1.85 bits per heavy atom. The molecule has 0 fully saturated rings. The van der Waals surface area contributed by atoms with Crippen molar-refractivity contribution >= 4 is 15.9 Å². The highest BCUT2D eigenvalue weighted by molar-refractivity contribution is 9.11. The lowest BCUT2D eigenvalue weighted by atomic mass is 10.1. The molecule has 0 amide bonds. The Morgan fingerprint density at radius 1 is 1.23 bits per heavy atom. The first kappa shape index (κ1) is 10.4. The molecule has 1 rings (SSSR count). The van der Waals surface area contributed by atoms with Crippen molar-refractivity contribution in [2.24, 2.45) is 0 Å². The molecule has 0 bridgehead atoms. The lowest BCUT2D eigenvalue weighted by Gasteiger charge is -2.00. The largest absolute Gasteiger partial charge is 0.263 e. The van der Waals surface area contributed by atoms with Crippen molar-refractivity contribution in [3.63, 3.8) is 0 Å². The van der Waals surface area contributed by atoms with Gasteiger partial charge in [0.15, 0.2) is 0 Å². The van der Waals surface area contributed by atoms with Crippen LogP contribution in [0.15, 0.2) is 35.3 Å². The van der Waals surface area contributed by atoms with Crippen molar-refractivity contribution < 1.29 is 8.78 Å². The fraction of sp³-hybridized carbons (Fsp3) is 0.200. The van der Waals surface area contributed by atoms with Crippen molar-refractivity contribution in [1.29, 1.82) is 0 Å². The number of alkyl halides is 2. The van der Waals surface area contributed by atoms with Crippen LogP contribution >= 0.6 is 15.9 Å². The molecule has 0 aliphatic carbocycles. The fourth-order valence-corrected chi connectivity index (χ4v) is 1.17. The van der Waals surface area contributed by atoms with Crippen LogP contribution in [-0.4, -0.2) is 0 Å². The molecule has 0 radical (unpaired) electrons. The van der Waals surface area contributed by atoms with Crippen LogP contribution in [0.4, 0.5) is 8.78 Å². The highest BCUT2D eigenvalue weighted by atomic mass is 79.9. The summed E-state index contributed by atoms with van der Waals surface area (Å²) in [5.41, 5.74) is 1.10. The van der Waals surface area contributed by atoms with Gasteiger partial charge in [0.1, 0.15) is 0 Å². The lowest BCUT2D eigenvalue weighted by molar-refractivity contribution is 0.151. The molecule has 0 saturated heterocycles. The van der Waals surface area contributed by atoms with Crippen molar-refractivity contribution in [3.05, 3.63) is 46.5 Å². The summed E-state index contributed by atoms with van der Waals surface area (Å²) in [5, 5.41) is 0. The van der Waals surface area contributed by atoms with E-state index in [1.54, 1.807) is 17.1 Å².